The molecule has 0 radical (unpaired) electrons. The SMILES string of the molecule is CCC(Oc1cccc(C)c1C)C1=NCCN1C=Nc1ccccn1. The Morgan fingerprint density at radius 3 is 2.88 bits per heavy atom. The number of benzene rings is 1. The molecule has 3 rings (SSSR count). The highest BCUT2D eigenvalue weighted by Crippen LogP contribution is 2.24. The number of pyridine rings is 1. The molecule has 25 heavy (non-hydrogen) atoms. The maximum absolute atomic E-state index is 6.29. The number of aromatic nitrogens is 1. The van der Waals surface area contributed by atoms with Gasteiger partial charge in [0.05, 0.1) is 12.9 Å². The Morgan fingerprint density at radius 2 is 2.12 bits per heavy atom. The molecule has 5 nitrogen and oxygen atoms in total. The zero-order valence-electron chi connectivity index (χ0n) is 15.0. The number of hydrogen-bond acceptors (Lipinski definition) is 4. The van der Waals surface area contributed by atoms with Crippen molar-refractivity contribution in [2.24, 2.45) is 9.98 Å². The molecule has 0 saturated heterocycles. The van der Waals surface area contributed by atoms with Gasteiger partial charge in [-0.25, -0.2) is 9.98 Å². The minimum Gasteiger partial charge on any atom is -0.482 e. The lowest BCUT2D eigenvalue weighted by molar-refractivity contribution is 0.251. The van der Waals surface area contributed by atoms with E-state index in [4.69, 9.17) is 4.74 Å². The lowest BCUT2D eigenvalue weighted by Gasteiger charge is -2.24. The molecule has 0 saturated carbocycles. The second-order valence-corrected chi connectivity index (χ2v) is 6.08. The fourth-order valence-corrected chi connectivity index (χ4v) is 2.76. The van der Waals surface area contributed by atoms with Gasteiger partial charge >= 0.3 is 0 Å². The number of ether oxygens (including phenoxy) is 1. The van der Waals surface area contributed by atoms with Crippen molar-refractivity contribution in [3.05, 3.63) is 53.7 Å². The van der Waals surface area contributed by atoms with Crippen LogP contribution >= 0.6 is 0 Å². The van der Waals surface area contributed by atoms with Crippen LogP contribution in [0.1, 0.15) is 24.5 Å². The van der Waals surface area contributed by atoms with Gasteiger partial charge in [-0.3, -0.25) is 4.99 Å². The van der Waals surface area contributed by atoms with Gasteiger partial charge in [-0.2, -0.15) is 0 Å². The Labute approximate surface area is 149 Å². The van der Waals surface area contributed by atoms with Gasteiger partial charge in [-0.15, -0.1) is 0 Å². The van der Waals surface area contributed by atoms with Crippen LogP contribution in [0.3, 0.4) is 0 Å². The Balaban J connectivity index is 1.75. The monoisotopic (exact) mass is 336 g/mol. The molecule has 0 fully saturated rings. The van der Waals surface area contributed by atoms with Crippen molar-refractivity contribution >= 4 is 18.0 Å². The molecule has 2 aromatic rings. The molecular weight excluding hydrogens is 312 g/mol. The van der Waals surface area contributed by atoms with Crippen LogP contribution in [-0.2, 0) is 0 Å². The zero-order chi connectivity index (χ0) is 17.6. The van der Waals surface area contributed by atoms with Gasteiger partial charge in [-0.1, -0.05) is 25.1 Å². The summed E-state index contributed by atoms with van der Waals surface area (Å²) in [7, 11) is 0. The zero-order valence-corrected chi connectivity index (χ0v) is 15.0. The molecule has 1 aliphatic rings. The first-order chi connectivity index (χ1) is 12.2. The van der Waals surface area contributed by atoms with Gasteiger partial charge in [0.15, 0.2) is 11.9 Å². The van der Waals surface area contributed by atoms with E-state index in [1.54, 1.807) is 6.20 Å². The van der Waals surface area contributed by atoms with Crippen LogP contribution in [-0.4, -0.2) is 41.3 Å². The topological polar surface area (TPSA) is 50.1 Å². The smallest absolute Gasteiger partial charge is 0.156 e. The Morgan fingerprint density at radius 1 is 1.24 bits per heavy atom. The first-order valence-corrected chi connectivity index (χ1v) is 8.68. The first kappa shape index (κ1) is 17.1. The lowest BCUT2D eigenvalue weighted by Crippen LogP contribution is -2.38. The van der Waals surface area contributed by atoms with E-state index in [2.05, 4.69) is 46.7 Å². The number of aryl methyl sites for hydroxylation is 1. The van der Waals surface area contributed by atoms with Gasteiger partial charge < -0.3 is 9.64 Å². The second kappa shape index (κ2) is 7.92. The predicted octanol–water partition coefficient (Wildman–Crippen LogP) is 3.93. The van der Waals surface area contributed by atoms with E-state index in [1.807, 2.05) is 36.7 Å². The summed E-state index contributed by atoms with van der Waals surface area (Å²) in [5, 5.41) is 0. The molecule has 0 amide bonds. The van der Waals surface area contributed by atoms with Crippen LogP contribution < -0.4 is 4.74 Å². The minimum absolute atomic E-state index is 0.0850. The van der Waals surface area contributed by atoms with E-state index >= 15 is 0 Å². The van der Waals surface area contributed by atoms with Crippen LogP contribution in [0, 0.1) is 13.8 Å². The third kappa shape index (κ3) is 4.05. The van der Waals surface area contributed by atoms with Gasteiger partial charge in [0.25, 0.3) is 0 Å². The standard InChI is InChI=1S/C20H24N4O/c1-4-17(25-18-9-7-8-15(2)16(18)3)20-22-12-13-24(20)14-23-19-10-5-6-11-21-19/h5-11,14,17H,4,12-13H2,1-3H3. The van der Waals surface area contributed by atoms with Crippen molar-refractivity contribution in [1.29, 1.82) is 0 Å². The van der Waals surface area contributed by atoms with Crippen molar-refractivity contribution in [3.63, 3.8) is 0 Å². The molecule has 1 atom stereocenters. The fourth-order valence-electron chi connectivity index (χ4n) is 2.76. The highest BCUT2D eigenvalue weighted by Gasteiger charge is 2.25. The summed E-state index contributed by atoms with van der Waals surface area (Å²) in [4.78, 5) is 15.4. The van der Waals surface area contributed by atoms with Gasteiger partial charge in [-0.05, 0) is 49.6 Å². The van der Waals surface area contributed by atoms with Crippen LogP contribution in [0.4, 0.5) is 5.82 Å². The van der Waals surface area contributed by atoms with Crippen LogP contribution in [0.2, 0.25) is 0 Å². The first-order valence-electron chi connectivity index (χ1n) is 8.68. The van der Waals surface area contributed by atoms with E-state index in [-0.39, 0.29) is 6.10 Å². The molecule has 0 N–H and O–H groups in total. The summed E-state index contributed by atoms with van der Waals surface area (Å²) in [6, 6.07) is 11.8. The molecule has 130 valence electrons. The van der Waals surface area contributed by atoms with Crippen LogP contribution in [0.5, 0.6) is 5.75 Å². The van der Waals surface area contributed by atoms with Crippen molar-refractivity contribution in [3.8, 4) is 5.75 Å². The summed E-state index contributed by atoms with van der Waals surface area (Å²) < 4.78 is 6.29. The largest absolute Gasteiger partial charge is 0.482 e. The maximum atomic E-state index is 6.29. The lowest BCUT2D eigenvalue weighted by atomic mass is 10.1. The molecular formula is C20H24N4O. The second-order valence-electron chi connectivity index (χ2n) is 6.08. The van der Waals surface area contributed by atoms with E-state index in [0.717, 1.165) is 31.1 Å². The molecule has 1 aliphatic heterocycles. The van der Waals surface area contributed by atoms with E-state index < -0.39 is 0 Å². The number of hydrogen-bond donors (Lipinski definition) is 0. The third-order valence-electron chi connectivity index (χ3n) is 4.37. The summed E-state index contributed by atoms with van der Waals surface area (Å²) in [5.74, 6) is 2.54. The highest BCUT2D eigenvalue weighted by molar-refractivity contribution is 5.97. The predicted molar refractivity (Wildman–Crippen MR) is 102 cm³/mol. The summed E-state index contributed by atoms with van der Waals surface area (Å²) in [5.41, 5.74) is 2.41. The highest BCUT2D eigenvalue weighted by atomic mass is 16.5. The molecule has 0 aliphatic carbocycles. The van der Waals surface area contributed by atoms with Crippen molar-refractivity contribution < 1.29 is 4.74 Å². The number of aliphatic imine (C=N–C) groups is 2. The average molecular weight is 336 g/mol. The van der Waals surface area contributed by atoms with E-state index in [1.165, 1.54) is 11.1 Å². The van der Waals surface area contributed by atoms with Crippen molar-refractivity contribution in [2.45, 2.75) is 33.3 Å². The van der Waals surface area contributed by atoms with Crippen LogP contribution in [0.15, 0.2) is 52.6 Å². The minimum atomic E-state index is -0.0850. The summed E-state index contributed by atoms with van der Waals surface area (Å²) in [6.45, 7) is 7.88. The molecule has 1 aromatic carbocycles. The molecule has 2 heterocycles. The van der Waals surface area contributed by atoms with Gasteiger partial charge in [0, 0.05) is 12.7 Å². The summed E-state index contributed by atoms with van der Waals surface area (Å²) in [6.07, 6.45) is 4.31. The number of amidine groups is 1. The Bertz CT molecular complexity index is 771. The Kier molecular flexibility index (Phi) is 5.43. The van der Waals surface area contributed by atoms with Gasteiger partial charge in [0.1, 0.15) is 11.6 Å². The van der Waals surface area contributed by atoms with Gasteiger partial charge in [0.2, 0.25) is 0 Å². The van der Waals surface area contributed by atoms with Crippen LogP contribution in [0.25, 0.3) is 0 Å². The number of rotatable bonds is 6. The number of nitrogens with zero attached hydrogens (tertiary/aromatic N) is 4. The van der Waals surface area contributed by atoms with Crippen molar-refractivity contribution in [1.82, 2.24) is 9.88 Å². The quantitative estimate of drug-likeness (QED) is 0.593. The normalized spacial score (nSPS) is 15.5. The maximum Gasteiger partial charge on any atom is 0.156 e. The average Bonchev–Trinajstić information content (AvgIpc) is 3.10. The Hall–Kier alpha value is -2.69. The third-order valence-corrected chi connectivity index (χ3v) is 4.37. The molecule has 0 spiro atoms. The molecule has 5 heteroatoms. The van der Waals surface area contributed by atoms with E-state index in [9.17, 15) is 0 Å². The molecule has 0 bridgehead atoms. The molecule has 1 aromatic heterocycles. The van der Waals surface area contributed by atoms with E-state index in [0.29, 0.717) is 5.82 Å². The summed E-state index contributed by atoms with van der Waals surface area (Å²) >= 11 is 0. The fraction of sp³-hybridized carbons (Fsp3) is 0.350. The van der Waals surface area contributed by atoms with Crippen molar-refractivity contribution in [2.75, 3.05) is 13.1 Å². The molecule has 1 unspecified atom stereocenters.